The summed E-state index contributed by atoms with van der Waals surface area (Å²) in [4.78, 5) is 0. The number of benzene rings is 3. The predicted molar refractivity (Wildman–Crippen MR) is 142 cm³/mol. The van der Waals surface area contributed by atoms with Gasteiger partial charge in [0.1, 0.15) is 35.9 Å². The lowest BCUT2D eigenvalue weighted by molar-refractivity contribution is -0.294. The highest BCUT2D eigenvalue weighted by Gasteiger charge is 2.46. The van der Waals surface area contributed by atoms with Crippen LogP contribution >= 0.6 is 0 Å². The van der Waals surface area contributed by atoms with Crippen LogP contribution < -0.4 is 9.47 Å². The topological polar surface area (TPSA) is 90.9 Å². The molecular formula is C29H32O9S. The quantitative estimate of drug-likeness (QED) is 0.363. The standard InChI is InChI=1S/C29H32O9S/c1-31-23-12-8-20(9-13-23)16-33-25-18-35-29(22-6-4-3-5-7-22)37-27(25)28-26(19-36-39(30)38-28)34-17-21-10-14-24(32-2)15-11-21/h3-15,25-29H,16-19H2,1-2H3/t25-,26-,27-,28-,29?,39?/m1/s1. The Labute approximate surface area is 230 Å². The van der Waals surface area contributed by atoms with Gasteiger partial charge < -0.3 is 28.4 Å². The van der Waals surface area contributed by atoms with E-state index in [1.54, 1.807) is 14.2 Å². The zero-order chi connectivity index (χ0) is 27.0. The summed E-state index contributed by atoms with van der Waals surface area (Å²) in [6, 6.07) is 24.8. The summed E-state index contributed by atoms with van der Waals surface area (Å²) in [6.07, 6.45) is -3.08. The van der Waals surface area contributed by atoms with Gasteiger partial charge in [-0.15, -0.1) is 0 Å². The third-order valence-electron chi connectivity index (χ3n) is 6.59. The lowest BCUT2D eigenvalue weighted by atomic mass is 10.0. The number of hydrogen-bond acceptors (Lipinski definition) is 9. The van der Waals surface area contributed by atoms with E-state index >= 15 is 0 Å². The molecule has 3 aromatic rings. The Morgan fingerprint density at radius 1 is 0.744 bits per heavy atom. The Bertz CT molecular complexity index is 1190. The van der Waals surface area contributed by atoms with Gasteiger partial charge in [-0.3, -0.25) is 8.37 Å². The van der Waals surface area contributed by atoms with Gasteiger partial charge in [0.15, 0.2) is 6.29 Å². The fraction of sp³-hybridized carbons (Fsp3) is 0.379. The molecule has 6 atom stereocenters. The van der Waals surface area contributed by atoms with E-state index in [2.05, 4.69) is 0 Å². The predicted octanol–water partition coefficient (Wildman–Crippen LogP) is 4.28. The molecule has 39 heavy (non-hydrogen) atoms. The van der Waals surface area contributed by atoms with Crippen LogP contribution in [0.1, 0.15) is 23.0 Å². The molecule has 0 radical (unpaired) electrons. The van der Waals surface area contributed by atoms with Crippen LogP contribution in [0.15, 0.2) is 78.9 Å². The minimum absolute atomic E-state index is 0.0787. The molecule has 0 N–H and O–H groups in total. The van der Waals surface area contributed by atoms with Crippen LogP contribution in [0.25, 0.3) is 0 Å². The number of methoxy groups -OCH3 is 2. The van der Waals surface area contributed by atoms with Crippen molar-refractivity contribution in [1.29, 1.82) is 0 Å². The maximum Gasteiger partial charge on any atom is 0.305 e. The van der Waals surface area contributed by atoms with Crippen LogP contribution in [0.4, 0.5) is 0 Å². The number of ether oxygens (including phenoxy) is 6. The minimum atomic E-state index is -1.95. The molecule has 2 unspecified atom stereocenters. The third-order valence-corrected chi connectivity index (χ3v) is 7.29. The Morgan fingerprint density at radius 3 is 1.87 bits per heavy atom. The van der Waals surface area contributed by atoms with Gasteiger partial charge in [-0.1, -0.05) is 54.6 Å². The van der Waals surface area contributed by atoms with Gasteiger partial charge in [0, 0.05) is 5.56 Å². The molecule has 2 saturated heterocycles. The van der Waals surface area contributed by atoms with Crippen LogP contribution in [-0.4, -0.2) is 56.1 Å². The van der Waals surface area contributed by atoms with E-state index in [-0.39, 0.29) is 13.2 Å². The van der Waals surface area contributed by atoms with Crippen molar-refractivity contribution in [3.05, 3.63) is 95.6 Å². The van der Waals surface area contributed by atoms with Gasteiger partial charge >= 0.3 is 11.4 Å². The molecular weight excluding hydrogens is 524 g/mol. The second kappa shape index (κ2) is 13.5. The lowest BCUT2D eigenvalue weighted by Crippen LogP contribution is -2.56. The van der Waals surface area contributed by atoms with Crippen LogP contribution in [0, 0.1) is 0 Å². The lowest BCUT2D eigenvalue weighted by Gasteiger charge is -2.42. The van der Waals surface area contributed by atoms with Gasteiger partial charge in [0.25, 0.3) is 0 Å². The summed E-state index contributed by atoms with van der Waals surface area (Å²) < 4.78 is 58.9. The van der Waals surface area contributed by atoms with Crippen molar-refractivity contribution in [2.45, 2.75) is 43.9 Å². The van der Waals surface area contributed by atoms with Gasteiger partial charge in [-0.25, -0.2) is 0 Å². The highest BCUT2D eigenvalue weighted by molar-refractivity contribution is 7.75. The largest absolute Gasteiger partial charge is 0.497 e. The molecule has 0 aromatic heterocycles. The van der Waals surface area contributed by atoms with Gasteiger partial charge in [-0.2, -0.15) is 4.21 Å². The van der Waals surface area contributed by atoms with Crippen molar-refractivity contribution in [3.63, 3.8) is 0 Å². The van der Waals surface area contributed by atoms with Crippen LogP contribution in [-0.2, 0) is 51.9 Å². The minimum Gasteiger partial charge on any atom is -0.497 e. The average molecular weight is 557 g/mol. The third kappa shape index (κ3) is 7.23. The zero-order valence-corrected chi connectivity index (χ0v) is 22.6. The van der Waals surface area contributed by atoms with E-state index in [1.807, 2.05) is 78.9 Å². The second-order valence-electron chi connectivity index (χ2n) is 9.12. The summed E-state index contributed by atoms with van der Waals surface area (Å²) in [7, 11) is 3.25. The normalized spacial score (nSPS) is 27.1. The Hall–Kier alpha value is -2.83. The van der Waals surface area contributed by atoms with E-state index in [4.69, 9.17) is 36.8 Å². The van der Waals surface area contributed by atoms with Crippen molar-refractivity contribution < 1.29 is 41.0 Å². The highest BCUT2D eigenvalue weighted by Crippen LogP contribution is 2.34. The molecule has 9 nitrogen and oxygen atoms in total. The van der Waals surface area contributed by atoms with Crippen molar-refractivity contribution in [2.24, 2.45) is 0 Å². The molecule has 3 aromatic carbocycles. The molecule has 5 rings (SSSR count). The first kappa shape index (κ1) is 27.7. The number of hydrogen-bond donors (Lipinski definition) is 0. The first-order valence-electron chi connectivity index (χ1n) is 12.7. The number of rotatable bonds is 10. The molecule has 2 heterocycles. The van der Waals surface area contributed by atoms with E-state index in [1.165, 1.54) is 0 Å². The molecule has 2 fully saturated rings. The monoisotopic (exact) mass is 556 g/mol. The molecule has 208 valence electrons. The molecule has 2 aliphatic rings. The average Bonchev–Trinajstić information content (AvgIpc) is 3.00. The zero-order valence-electron chi connectivity index (χ0n) is 21.8. The maximum atomic E-state index is 12.4. The summed E-state index contributed by atoms with van der Waals surface area (Å²) in [6.45, 7) is 0.944. The van der Waals surface area contributed by atoms with Crippen molar-refractivity contribution in [2.75, 3.05) is 27.4 Å². The Kier molecular flexibility index (Phi) is 9.59. The summed E-state index contributed by atoms with van der Waals surface area (Å²) in [5.74, 6) is 1.53. The molecule has 0 saturated carbocycles. The smallest absolute Gasteiger partial charge is 0.305 e. The molecule has 0 bridgehead atoms. The first-order chi connectivity index (χ1) is 19.1. The van der Waals surface area contributed by atoms with Gasteiger partial charge in [0.05, 0.1) is 40.6 Å². The van der Waals surface area contributed by atoms with E-state index in [9.17, 15) is 4.21 Å². The van der Waals surface area contributed by atoms with Gasteiger partial charge in [-0.05, 0) is 35.4 Å². The van der Waals surface area contributed by atoms with Crippen LogP contribution in [0.5, 0.6) is 11.5 Å². The fourth-order valence-electron chi connectivity index (χ4n) is 4.42. The molecule has 2 aliphatic heterocycles. The van der Waals surface area contributed by atoms with Crippen LogP contribution in [0.2, 0.25) is 0 Å². The van der Waals surface area contributed by atoms with Crippen LogP contribution in [0.3, 0.4) is 0 Å². The summed E-state index contributed by atoms with van der Waals surface area (Å²) in [5, 5.41) is 0. The van der Waals surface area contributed by atoms with E-state index in [0.29, 0.717) is 13.2 Å². The summed E-state index contributed by atoms with van der Waals surface area (Å²) >= 11 is -1.95. The maximum absolute atomic E-state index is 12.4. The molecule has 10 heteroatoms. The summed E-state index contributed by atoms with van der Waals surface area (Å²) in [5.41, 5.74) is 2.77. The molecule has 0 amide bonds. The second-order valence-corrected chi connectivity index (χ2v) is 9.96. The van der Waals surface area contributed by atoms with Crippen molar-refractivity contribution in [1.82, 2.24) is 0 Å². The molecule has 0 aliphatic carbocycles. The molecule has 0 spiro atoms. The SMILES string of the molecule is COc1ccc(CO[C@@H]2COC(c3ccccc3)O[C@H]2[C@@H]2OS(=O)OC[C@H]2OCc2ccc(OC)cc2)cc1. The highest BCUT2D eigenvalue weighted by atomic mass is 32.2. The van der Waals surface area contributed by atoms with E-state index < -0.39 is 42.1 Å². The van der Waals surface area contributed by atoms with Crippen molar-refractivity contribution in [3.8, 4) is 11.5 Å². The van der Waals surface area contributed by atoms with Gasteiger partial charge in [0.2, 0.25) is 0 Å². The van der Waals surface area contributed by atoms with E-state index in [0.717, 1.165) is 28.2 Å². The Balaban J connectivity index is 1.33. The first-order valence-corrected chi connectivity index (χ1v) is 13.7. The van der Waals surface area contributed by atoms with Crippen molar-refractivity contribution >= 4 is 11.4 Å². The fourth-order valence-corrected chi connectivity index (χ4v) is 5.14. The Morgan fingerprint density at radius 2 is 1.31 bits per heavy atom.